The molecule has 4 N–H and O–H groups in total. The topological polar surface area (TPSA) is 124 Å². The van der Waals surface area contributed by atoms with Crippen LogP contribution < -0.4 is 21.1 Å². The van der Waals surface area contributed by atoms with E-state index in [0.717, 1.165) is 18.2 Å². The van der Waals surface area contributed by atoms with Gasteiger partial charge in [0.25, 0.3) is 5.91 Å². The quantitative estimate of drug-likeness (QED) is 0.275. The molecule has 0 bridgehead atoms. The van der Waals surface area contributed by atoms with Crippen LogP contribution in [0.15, 0.2) is 60.8 Å². The van der Waals surface area contributed by atoms with Crippen LogP contribution in [-0.4, -0.2) is 26.7 Å². The Morgan fingerprint density at radius 3 is 2.29 bits per heavy atom. The summed E-state index contributed by atoms with van der Waals surface area (Å²) in [5.74, 6) is -1.41. The van der Waals surface area contributed by atoms with Crippen molar-refractivity contribution in [3.05, 3.63) is 88.8 Å². The van der Waals surface area contributed by atoms with Crippen molar-refractivity contribution in [1.29, 1.82) is 0 Å². The van der Waals surface area contributed by atoms with Gasteiger partial charge < -0.3 is 15.8 Å². The lowest BCUT2D eigenvalue weighted by Crippen LogP contribution is -2.21. The number of anilines is 2. The number of nitrogens with two attached hydrogens (primary N) is 1. The lowest BCUT2D eigenvalue weighted by Gasteiger charge is -2.14. The molecular weight excluding hydrogens is 518 g/mol. The van der Waals surface area contributed by atoms with E-state index >= 15 is 0 Å². The largest absolute Gasteiger partial charge is 0.457 e. The van der Waals surface area contributed by atoms with Gasteiger partial charge in [0, 0.05) is 35.9 Å². The van der Waals surface area contributed by atoms with Gasteiger partial charge in [-0.3, -0.25) is 15.1 Å². The minimum absolute atomic E-state index is 0.0402. The molecule has 0 aliphatic heterocycles. The number of primary amides is 1. The first-order valence-electron chi connectivity index (χ1n) is 11.3. The molecule has 4 aromatic rings. The fourth-order valence-electron chi connectivity index (χ4n) is 3.37. The molecule has 0 saturated carbocycles. The van der Waals surface area contributed by atoms with E-state index in [9.17, 15) is 18.4 Å². The van der Waals surface area contributed by atoms with E-state index in [4.69, 9.17) is 22.1 Å². The summed E-state index contributed by atoms with van der Waals surface area (Å²) in [4.78, 5) is 28.0. The lowest BCUT2D eigenvalue weighted by atomic mass is 9.92. The molecule has 0 unspecified atom stereocenters. The second kappa shape index (κ2) is 10.5. The van der Waals surface area contributed by atoms with E-state index in [1.807, 2.05) is 20.8 Å². The fourth-order valence-corrected chi connectivity index (χ4v) is 3.59. The first kappa shape index (κ1) is 26.6. The number of ether oxygens (including phenoxy) is 1. The Hall–Kier alpha value is -4.51. The minimum atomic E-state index is -0.782. The van der Waals surface area contributed by atoms with E-state index in [0.29, 0.717) is 17.2 Å². The number of pyridine rings is 1. The molecule has 0 aliphatic rings. The summed E-state index contributed by atoms with van der Waals surface area (Å²) < 4.78 is 34.7. The molecule has 9 nitrogen and oxygen atoms in total. The third kappa shape index (κ3) is 6.24. The summed E-state index contributed by atoms with van der Waals surface area (Å²) in [6.45, 7) is 5.75. The molecule has 38 heavy (non-hydrogen) atoms. The minimum Gasteiger partial charge on any atom is -0.457 e. The molecule has 2 heterocycles. The predicted octanol–water partition coefficient (Wildman–Crippen LogP) is 6.03. The van der Waals surface area contributed by atoms with Crippen molar-refractivity contribution in [1.82, 2.24) is 14.8 Å². The predicted molar refractivity (Wildman–Crippen MR) is 139 cm³/mol. The van der Waals surface area contributed by atoms with Gasteiger partial charge in [-0.15, -0.1) is 0 Å². The first-order chi connectivity index (χ1) is 17.9. The van der Waals surface area contributed by atoms with Crippen LogP contribution in [0.25, 0.3) is 5.69 Å². The summed E-state index contributed by atoms with van der Waals surface area (Å²) in [6, 6.07) is 11.4. The molecular formula is C26H23ClF2N6O3. The number of nitrogens with one attached hydrogen (secondary N) is 2. The molecule has 0 fully saturated rings. The Bertz CT molecular complexity index is 1510. The summed E-state index contributed by atoms with van der Waals surface area (Å²) in [5, 5.41) is 9.89. The average molecular weight is 541 g/mol. The van der Waals surface area contributed by atoms with Gasteiger partial charge in [0.05, 0.1) is 22.1 Å². The second-order valence-corrected chi connectivity index (χ2v) is 9.68. The van der Waals surface area contributed by atoms with E-state index in [1.54, 1.807) is 18.2 Å². The zero-order valence-corrected chi connectivity index (χ0v) is 21.3. The van der Waals surface area contributed by atoms with E-state index in [2.05, 4.69) is 20.7 Å². The van der Waals surface area contributed by atoms with Gasteiger partial charge in [0.15, 0.2) is 0 Å². The Morgan fingerprint density at radius 2 is 1.66 bits per heavy atom. The number of halogens is 3. The zero-order valence-electron chi connectivity index (χ0n) is 20.6. The molecule has 2 aromatic heterocycles. The number of rotatable bonds is 6. The molecule has 12 heteroatoms. The molecule has 0 radical (unpaired) electrons. The van der Waals surface area contributed by atoms with Crippen molar-refractivity contribution < 1.29 is 23.1 Å². The molecule has 2 aromatic carbocycles. The maximum Gasteiger partial charge on any atom is 0.324 e. The maximum absolute atomic E-state index is 13.9. The van der Waals surface area contributed by atoms with Crippen LogP contribution in [-0.2, 0) is 5.41 Å². The number of nitrogens with zero attached hydrogens (tertiary/aromatic N) is 3. The number of carbonyl (C=O) groups excluding carboxylic acids is 2. The second-order valence-electron chi connectivity index (χ2n) is 9.27. The lowest BCUT2D eigenvalue weighted by molar-refractivity contribution is 0.0995. The first-order valence-corrected chi connectivity index (χ1v) is 11.6. The molecule has 196 valence electrons. The average Bonchev–Trinajstić information content (AvgIpc) is 3.25. The number of hydrogen-bond acceptors (Lipinski definition) is 5. The highest BCUT2D eigenvalue weighted by Gasteiger charge is 2.22. The van der Waals surface area contributed by atoms with E-state index in [1.165, 1.54) is 29.1 Å². The van der Waals surface area contributed by atoms with Crippen LogP contribution in [0.4, 0.5) is 25.1 Å². The van der Waals surface area contributed by atoms with Crippen LogP contribution in [0, 0.1) is 11.6 Å². The van der Waals surface area contributed by atoms with Gasteiger partial charge in [-0.05, 0) is 30.3 Å². The number of amides is 3. The normalized spacial score (nSPS) is 11.2. The molecule has 0 atom stereocenters. The number of carbonyl (C=O) groups is 2. The smallest absolute Gasteiger partial charge is 0.324 e. The Morgan fingerprint density at radius 1 is 0.974 bits per heavy atom. The van der Waals surface area contributed by atoms with Crippen molar-refractivity contribution in [2.75, 3.05) is 10.6 Å². The summed E-state index contributed by atoms with van der Waals surface area (Å²) in [6.07, 6.45) is 1.38. The Balaban J connectivity index is 1.53. The van der Waals surface area contributed by atoms with Crippen LogP contribution in [0.3, 0.4) is 0 Å². The third-order valence-corrected chi connectivity index (χ3v) is 5.53. The van der Waals surface area contributed by atoms with Gasteiger partial charge in [0.1, 0.15) is 34.6 Å². The third-order valence-electron chi connectivity index (χ3n) is 5.22. The monoisotopic (exact) mass is 540 g/mol. The van der Waals surface area contributed by atoms with Crippen LogP contribution in [0.1, 0.15) is 37.0 Å². The van der Waals surface area contributed by atoms with Crippen molar-refractivity contribution in [3.63, 3.8) is 0 Å². The SMILES string of the molecule is CC(C)(C)c1cc(NC(=O)Nc2ccc(Oc3ccnc(C(N)=O)c3)cc2Cl)n(-c2cc(F)cc(F)c2)n1. The van der Waals surface area contributed by atoms with Crippen LogP contribution in [0.5, 0.6) is 11.5 Å². The molecule has 0 spiro atoms. The standard InChI is InChI=1S/C26H23ClF2N6O3/c1-26(2,3)22-13-23(35(34-22)16-9-14(28)8-15(29)10-16)33-25(37)32-20-5-4-17(11-19(20)27)38-18-6-7-31-21(12-18)24(30)36/h4-13H,1-3H3,(H2,30,36)(H2,32,33,37). The van der Waals surface area contributed by atoms with Crippen LogP contribution >= 0.6 is 11.6 Å². The van der Waals surface area contributed by atoms with Gasteiger partial charge in [-0.1, -0.05) is 32.4 Å². The van der Waals surface area contributed by atoms with E-state index in [-0.39, 0.29) is 27.9 Å². The number of benzene rings is 2. The number of urea groups is 1. The maximum atomic E-state index is 13.9. The van der Waals surface area contributed by atoms with Gasteiger partial charge in [0.2, 0.25) is 0 Å². The van der Waals surface area contributed by atoms with Gasteiger partial charge in [-0.25, -0.2) is 18.3 Å². The Labute approximate surface area is 221 Å². The molecule has 0 aliphatic carbocycles. The number of hydrogen-bond donors (Lipinski definition) is 3. The molecule has 3 amide bonds. The number of aromatic nitrogens is 3. The van der Waals surface area contributed by atoms with Gasteiger partial charge >= 0.3 is 6.03 Å². The molecule has 4 rings (SSSR count). The molecule has 0 saturated heterocycles. The Kier molecular flexibility index (Phi) is 7.31. The van der Waals surface area contributed by atoms with Crippen LogP contribution in [0.2, 0.25) is 5.02 Å². The zero-order chi connectivity index (χ0) is 27.6. The van der Waals surface area contributed by atoms with Crippen molar-refractivity contribution in [2.24, 2.45) is 5.73 Å². The highest BCUT2D eigenvalue weighted by atomic mass is 35.5. The van der Waals surface area contributed by atoms with Crippen molar-refractivity contribution in [2.45, 2.75) is 26.2 Å². The van der Waals surface area contributed by atoms with Crippen molar-refractivity contribution >= 4 is 35.0 Å². The highest BCUT2D eigenvalue weighted by Crippen LogP contribution is 2.31. The summed E-state index contributed by atoms with van der Waals surface area (Å²) in [5.41, 5.74) is 5.83. The fraction of sp³-hybridized carbons (Fsp3) is 0.154. The van der Waals surface area contributed by atoms with E-state index < -0.39 is 29.0 Å². The summed E-state index contributed by atoms with van der Waals surface area (Å²) in [7, 11) is 0. The van der Waals surface area contributed by atoms with Crippen molar-refractivity contribution in [3.8, 4) is 17.2 Å². The summed E-state index contributed by atoms with van der Waals surface area (Å²) >= 11 is 6.34. The highest BCUT2D eigenvalue weighted by molar-refractivity contribution is 6.34. The van der Waals surface area contributed by atoms with Gasteiger partial charge in [-0.2, -0.15) is 5.10 Å².